The number of rotatable bonds is 7. The molecule has 0 aromatic heterocycles. The summed E-state index contributed by atoms with van der Waals surface area (Å²) in [6.07, 6.45) is 6.06. The molecule has 0 aromatic carbocycles. The van der Waals surface area contributed by atoms with Gasteiger partial charge < -0.3 is 9.74 Å². The number of nitrogens with one attached hydrogen (secondary N) is 1. The van der Waals surface area contributed by atoms with Gasteiger partial charge in [-0.25, -0.2) is 0 Å². The van der Waals surface area contributed by atoms with E-state index >= 15 is 0 Å². The molecule has 0 saturated heterocycles. The molecule has 0 radical (unpaired) electrons. The molecule has 24 heavy (non-hydrogen) atoms. The second kappa shape index (κ2) is 8.88. The van der Waals surface area contributed by atoms with Gasteiger partial charge in [0, 0.05) is 12.0 Å². The van der Waals surface area contributed by atoms with E-state index in [-0.39, 0.29) is 10.9 Å². The van der Waals surface area contributed by atoms with Crippen LogP contribution >= 0.6 is 0 Å². The second-order valence-electron chi connectivity index (χ2n) is 8.43. The van der Waals surface area contributed by atoms with Crippen molar-refractivity contribution in [1.82, 2.24) is 5.32 Å². The third-order valence-electron chi connectivity index (χ3n) is 5.58. The zero-order valence-corrected chi connectivity index (χ0v) is 17.1. The number of likely N-dealkylation sites (N-methyl/N-ethyl adjacent to an activating group) is 1. The Balaban J connectivity index is 3.00. The smallest absolute Gasteiger partial charge is 0.248 e. The first kappa shape index (κ1) is 21.0. The van der Waals surface area contributed by atoms with Crippen LogP contribution in [0.2, 0.25) is 18.1 Å². The van der Waals surface area contributed by atoms with Gasteiger partial charge in [-0.05, 0) is 36.0 Å². The largest absolute Gasteiger partial charge is 0.405 e. The summed E-state index contributed by atoms with van der Waals surface area (Å²) < 4.78 is 6.37. The van der Waals surface area contributed by atoms with Gasteiger partial charge in [0.05, 0.1) is 6.04 Å². The highest BCUT2D eigenvalue weighted by atomic mass is 28.4. The number of carbonyl (C=O) groups is 1. The quantitative estimate of drug-likeness (QED) is 0.309. The Morgan fingerprint density at radius 2 is 1.92 bits per heavy atom. The molecule has 138 valence electrons. The maximum absolute atomic E-state index is 12.5. The predicted octanol–water partition coefficient (Wildman–Crippen LogP) is 4.77. The summed E-state index contributed by atoms with van der Waals surface area (Å²) in [5, 5.41) is 6.65. The Morgan fingerprint density at radius 1 is 1.33 bits per heavy atom. The molecule has 1 aliphatic rings. The van der Waals surface area contributed by atoms with E-state index in [9.17, 15) is 4.79 Å². The molecule has 0 unspecified atom stereocenters. The molecule has 0 bridgehead atoms. The lowest BCUT2D eigenvalue weighted by molar-refractivity contribution is -0.129. The minimum atomic E-state index is -2.15. The Morgan fingerprint density at radius 3 is 2.38 bits per heavy atom. The van der Waals surface area contributed by atoms with Gasteiger partial charge in [-0.3, -0.25) is 4.79 Å². The summed E-state index contributed by atoms with van der Waals surface area (Å²) >= 11 is 0. The van der Waals surface area contributed by atoms with Crippen molar-refractivity contribution in [2.24, 2.45) is 11.0 Å². The lowest BCUT2D eigenvalue weighted by Crippen LogP contribution is -2.52. The number of azide groups is 1. The number of hydrogen-bond acceptors (Lipinski definition) is 3. The summed E-state index contributed by atoms with van der Waals surface area (Å²) in [5.41, 5.74) is 9.01. The third kappa shape index (κ3) is 5.79. The van der Waals surface area contributed by atoms with Crippen LogP contribution in [0, 0.1) is 5.92 Å². The van der Waals surface area contributed by atoms with Crippen LogP contribution in [0.4, 0.5) is 0 Å². The van der Waals surface area contributed by atoms with Crippen LogP contribution < -0.4 is 5.32 Å². The molecule has 1 aliphatic carbocycles. The lowest BCUT2D eigenvalue weighted by atomic mass is 9.84. The van der Waals surface area contributed by atoms with Crippen LogP contribution in [-0.2, 0) is 9.22 Å². The fourth-order valence-electron chi connectivity index (χ4n) is 3.01. The Bertz CT molecular complexity index is 464. The van der Waals surface area contributed by atoms with Crippen molar-refractivity contribution in [2.45, 2.75) is 89.6 Å². The van der Waals surface area contributed by atoms with Crippen molar-refractivity contribution in [3.8, 4) is 0 Å². The molecular formula is C17H34N4O2Si. The van der Waals surface area contributed by atoms with Crippen molar-refractivity contribution < 1.29 is 9.22 Å². The molecular weight excluding hydrogens is 320 g/mol. The van der Waals surface area contributed by atoms with Gasteiger partial charge in [0.1, 0.15) is 6.10 Å². The van der Waals surface area contributed by atoms with Crippen LogP contribution in [0.3, 0.4) is 0 Å². The number of carbonyl (C=O) groups excluding carboxylic acids is 1. The number of amides is 1. The SMILES string of the molecule is CNC(=O)[C@H](O[Si](C)(C)C(C)(C)C)[C@H](CC1CCCCC1)N=[N+]=[N-]. The van der Waals surface area contributed by atoms with Crippen molar-refractivity contribution in [3.63, 3.8) is 0 Å². The van der Waals surface area contributed by atoms with E-state index in [4.69, 9.17) is 9.96 Å². The topological polar surface area (TPSA) is 87.1 Å². The van der Waals surface area contributed by atoms with E-state index in [1.165, 1.54) is 19.3 Å². The summed E-state index contributed by atoms with van der Waals surface area (Å²) in [7, 11) is -0.539. The molecule has 0 aromatic rings. The molecule has 0 spiro atoms. The van der Waals surface area contributed by atoms with Crippen molar-refractivity contribution in [2.75, 3.05) is 7.05 Å². The van der Waals surface area contributed by atoms with Gasteiger partial charge in [0.25, 0.3) is 0 Å². The zero-order valence-electron chi connectivity index (χ0n) is 16.1. The zero-order chi connectivity index (χ0) is 18.4. The van der Waals surface area contributed by atoms with Gasteiger partial charge in [0.2, 0.25) is 5.91 Å². The van der Waals surface area contributed by atoms with Crippen molar-refractivity contribution in [1.29, 1.82) is 0 Å². The molecule has 1 fully saturated rings. The van der Waals surface area contributed by atoms with E-state index in [0.717, 1.165) is 19.3 Å². The Kier molecular flexibility index (Phi) is 7.77. The fourth-order valence-corrected chi connectivity index (χ4v) is 4.26. The van der Waals surface area contributed by atoms with Gasteiger partial charge in [-0.15, -0.1) is 0 Å². The second-order valence-corrected chi connectivity index (χ2v) is 13.2. The predicted molar refractivity (Wildman–Crippen MR) is 100 cm³/mol. The Labute approximate surface area is 147 Å². The van der Waals surface area contributed by atoms with Crippen molar-refractivity contribution >= 4 is 14.2 Å². The molecule has 2 atom stereocenters. The molecule has 1 N–H and O–H groups in total. The van der Waals surface area contributed by atoms with E-state index in [1.54, 1.807) is 7.05 Å². The third-order valence-corrected chi connectivity index (χ3v) is 10.0. The van der Waals surface area contributed by atoms with E-state index in [2.05, 4.69) is 49.2 Å². The number of nitrogens with zero attached hydrogens (tertiary/aromatic N) is 3. The first-order chi connectivity index (χ1) is 11.1. The molecule has 1 saturated carbocycles. The average molecular weight is 355 g/mol. The van der Waals surface area contributed by atoms with Gasteiger partial charge in [-0.1, -0.05) is 58.0 Å². The van der Waals surface area contributed by atoms with Gasteiger partial charge >= 0.3 is 0 Å². The maximum atomic E-state index is 12.5. The molecule has 1 rings (SSSR count). The van der Waals surface area contributed by atoms with E-state index < -0.39 is 20.5 Å². The van der Waals surface area contributed by atoms with Crippen molar-refractivity contribution in [3.05, 3.63) is 10.4 Å². The highest BCUT2D eigenvalue weighted by Crippen LogP contribution is 2.38. The minimum absolute atomic E-state index is 0.00891. The van der Waals surface area contributed by atoms with Gasteiger partial charge in [-0.2, -0.15) is 0 Å². The summed E-state index contributed by atoms with van der Waals surface area (Å²) in [6.45, 7) is 10.7. The van der Waals surface area contributed by atoms with E-state index in [1.807, 2.05) is 0 Å². The molecule has 7 heteroatoms. The molecule has 1 amide bonds. The maximum Gasteiger partial charge on any atom is 0.248 e. The monoisotopic (exact) mass is 354 g/mol. The Hall–Kier alpha value is -1.04. The standard InChI is InChI=1S/C17H34N4O2Si/c1-17(2,3)24(5,6)23-15(16(22)19-4)14(20-21-18)12-13-10-8-7-9-11-13/h13-15H,7-12H2,1-6H3,(H,19,22)/t14-,15+/m0/s1. The first-order valence-corrected chi connectivity index (χ1v) is 12.0. The highest BCUT2D eigenvalue weighted by Gasteiger charge is 2.43. The molecule has 0 heterocycles. The summed E-state index contributed by atoms with van der Waals surface area (Å²) in [6, 6.07) is -0.438. The van der Waals surface area contributed by atoms with Crippen LogP contribution in [0.15, 0.2) is 5.11 Å². The van der Waals surface area contributed by atoms with Crippen LogP contribution in [0.1, 0.15) is 59.3 Å². The average Bonchev–Trinajstić information content (AvgIpc) is 2.51. The molecule has 6 nitrogen and oxygen atoms in total. The lowest BCUT2D eigenvalue weighted by Gasteiger charge is -2.40. The minimum Gasteiger partial charge on any atom is -0.405 e. The normalized spacial score (nSPS) is 19.2. The first-order valence-electron chi connectivity index (χ1n) is 9.06. The fraction of sp³-hybridized carbons (Fsp3) is 0.941. The van der Waals surface area contributed by atoms with Crippen LogP contribution in [0.5, 0.6) is 0 Å². The molecule has 0 aliphatic heterocycles. The van der Waals surface area contributed by atoms with Gasteiger partial charge in [0.15, 0.2) is 8.32 Å². The number of hydrogen-bond donors (Lipinski definition) is 1. The highest BCUT2D eigenvalue weighted by molar-refractivity contribution is 6.74. The van der Waals surface area contributed by atoms with Crippen LogP contribution in [0.25, 0.3) is 10.4 Å². The summed E-state index contributed by atoms with van der Waals surface area (Å²) in [5.74, 6) is 0.331. The van der Waals surface area contributed by atoms with E-state index in [0.29, 0.717) is 5.92 Å². The van der Waals surface area contributed by atoms with Crippen LogP contribution in [-0.4, -0.2) is 33.4 Å². The summed E-state index contributed by atoms with van der Waals surface area (Å²) in [4.78, 5) is 15.5.